The minimum absolute atomic E-state index is 0.144. The molecule has 5 heteroatoms. The van der Waals surface area contributed by atoms with Crippen LogP contribution in [0.5, 0.6) is 0 Å². The van der Waals surface area contributed by atoms with E-state index in [9.17, 15) is 4.79 Å². The zero-order valence-corrected chi connectivity index (χ0v) is 15.5. The normalized spacial score (nSPS) is 15.0. The number of carbonyl (C=O) groups is 1. The number of hydrogen-bond acceptors (Lipinski definition) is 3. The fourth-order valence-electron chi connectivity index (χ4n) is 2.92. The summed E-state index contributed by atoms with van der Waals surface area (Å²) in [5.74, 6) is 0.819. The Balaban J connectivity index is 1.69. The predicted molar refractivity (Wildman–Crippen MR) is 102 cm³/mol. The lowest BCUT2D eigenvalue weighted by Crippen LogP contribution is -2.25. The smallest absolute Gasteiger partial charge is 0.257 e. The van der Waals surface area contributed by atoms with Crippen LogP contribution in [0.3, 0.4) is 0 Å². The number of anilines is 2. The molecule has 2 heterocycles. The summed E-state index contributed by atoms with van der Waals surface area (Å²) in [6, 6.07) is 9.66. The van der Waals surface area contributed by atoms with Crippen molar-refractivity contribution >= 4 is 33.3 Å². The van der Waals surface area contributed by atoms with E-state index >= 15 is 0 Å². The monoisotopic (exact) mass is 387 g/mol. The Morgan fingerprint density at radius 3 is 2.50 bits per heavy atom. The Labute approximate surface area is 151 Å². The van der Waals surface area contributed by atoms with Crippen molar-refractivity contribution in [3.63, 3.8) is 0 Å². The Morgan fingerprint density at radius 2 is 1.88 bits per heavy atom. The van der Waals surface area contributed by atoms with Crippen LogP contribution in [-0.2, 0) is 0 Å². The number of pyridine rings is 1. The van der Waals surface area contributed by atoms with Gasteiger partial charge in [0.05, 0.1) is 11.3 Å². The Kier molecular flexibility index (Phi) is 5.51. The van der Waals surface area contributed by atoms with Crippen molar-refractivity contribution in [2.45, 2.75) is 32.6 Å². The maximum Gasteiger partial charge on any atom is 0.257 e. The molecule has 0 saturated carbocycles. The van der Waals surface area contributed by atoms with Crippen molar-refractivity contribution < 1.29 is 4.79 Å². The molecule has 1 aliphatic heterocycles. The molecule has 4 nitrogen and oxygen atoms in total. The molecule has 0 bridgehead atoms. The van der Waals surface area contributed by atoms with Gasteiger partial charge in [-0.15, -0.1) is 0 Å². The number of halogens is 1. The quantitative estimate of drug-likeness (QED) is 0.823. The summed E-state index contributed by atoms with van der Waals surface area (Å²) in [6.45, 7) is 4.12. The third-order valence-corrected chi connectivity index (χ3v) is 4.97. The first-order chi connectivity index (χ1) is 11.6. The highest BCUT2D eigenvalue weighted by atomic mass is 79.9. The molecule has 2 aromatic rings. The van der Waals surface area contributed by atoms with E-state index < -0.39 is 0 Å². The number of benzene rings is 1. The summed E-state index contributed by atoms with van der Waals surface area (Å²) in [4.78, 5) is 19.2. The van der Waals surface area contributed by atoms with Gasteiger partial charge < -0.3 is 10.2 Å². The zero-order chi connectivity index (χ0) is 16.9. The van der Waals surface area contributed by atoms with Gasteiger partial charge in [-0.05, 0) is 65.5 Å². The summed E-state index contributed by atoms with van der Waals surface area (Å²) in [6.07, 6.45) is 6.68. The SMILES string of the molecule is Cc1ccc(NC(=O)c2ccc(N3CCCCCC3)nc2)c(Br)c1. The van der Waals surface area contributed by atoms with Crippen molar-refractivity contribution in [3.8, 4) is 0 Å². The standard InChI is InChI=1S/C19H22BrN3O/c1-14-6-8-17(16(20)12-14)22-19(24)15-7-9-18(21-13-15)23-10-4-2-3-5-11-23/h6-9,12-13H,2-5,10-11H2,1H3,(H,22,24). The summed E-state index contributed by atoms with van der Waals surface area (Å²) in [5.41, 5.74) is 2.48. The van der Waals surface area contributed by atoms with Crippen LogP contribution in [0.15, 0.2) is 41.0 Å². The number of hydrogen-bond donors (Lipinski definition) is 1. The van der Waals surface area contributed by atoms with Gasteiger partial charge in [0, 0.05) is 23.8 Å². The van der Waals surface area contributed by atoms with Crippen LogP contribution < -0.4 is 10.2 Å². The van der Waals surface area contributed by atoms with Gasteiger partial charge in [-0.1, -0.05) is 18.9 Å². The first kappa shape index (κ1) is 17.0. The van der Waals surface area contributed by atoms with Crippen molar-refractivity contribution in [2.75, 3.05) is 23.3 Å². The molecule has 1 saturated heterocycles. The Bertz CT molecular complexity index is 707. The molecule has 1 fully saturated rings. The molecular formula is C19H22BrN3O. The largest absolute Gasteiger partial charge is 0.357 e. The third-order valence-electron chi connectivity index (χ3n) is 4.31. The van der Waals surface area contributed by atoms with Gasteiger partial charge in [0.1, 0.15) is 5.82 Å². The van der Waals surface area contributed by atoms with Gasteiger partial charge >= 0.3 is 0 Å². The van der Waals surface area contributed by atoms with Crippen molar-refractivity contribution in [3.05, 3.63) is 52.1 Å². The molecule has 1 aliphatic rings. The number of nitrogens with zero attached hydrogens (tertiary/aromatic N) is 2. The van der Waals surface area contributed by atoms with Gasteiger partial charge in [-0.3, -0.25) is 4.79 Å². The number of aryl methyl sites for hydroxylation is 1. The highest BCUT2D eigenvalue weighted by Crippen LogP contribution is 2.24. The highest BCUT2D eigenvalue weighted by molar-refractivity contribution is 9.10. The maximum atomic E-state index is 12.4. The maximum absolute atomic E-state index is 12.4. The first-order valence-electron chi connectivity index (χ1n) is 8.42. The Hall–Kier alpha value is -1.88. The minimum Gasteiger partial charge on any atom is -0.357 e. The van der Waals surface area contributed by atoms with Gasteiger partial charge in [0.25, 0.3) is 5.91 Å². The van der Waals surface area contributed by atoms with Gasteiger partial charge in [-0.25, -0.2) is 4.98 Å². The fraction of sp³-hybridized carbons (Fsp3) is 0.368. The topological polar surface area (TPSA) is 45.2 Å². The highest BCUT2D eigenvalue weighted by Gasteiger charge is 2.13. The summed E-state index contributed by atoms with van der Waals surface area (Å²) in [5, 5.41) is 2.92. The number of nitrogens with one attached hydrogen (secondary N) is 1. The first-order valence-corrected chi connectivity index (χ1v) is 9.21. The van der Waals surface area contributed by atoms with E-state index in [0.717, 1.165) is 34.6 Å². The summed E-state index contributed by atoms with van der Waals surface area (Å²) in [7, 11) is 0. The van der Waals surface area contributed by atoms with E-state index in [-0.39, 0.29) is 5.91 Å². The lowest BCUT2D eigenvalue weighted by Gasteiger charge is -2.21. The van der Waals surface area contributed by atoms with Crippen LogP contribution >= 0.6 is 15.9 Å². The average Bonchev–Trinajstić information content (AvgIpc) is 2.87. The number of rotatable bonds is 3. The van der Waals surface area contributed by atoms with Crippen molar-refractivity contribution in [1.29, 1.82) is 0 Å². The van der Waals surface area contributed by atoms with Crippen LogP contribution in [-0.4, -0.2) is 24.0 Å². The molecule has 0 spiro atoms. The van der Waals surface area contributed by atoms with Gasteiger partial charge in [0.15, 0.2) is 0 Å². The average molecular weight is 388 g/mol. The molecule has 24 heavy (non-hydrogen) atoms. The van der Waals surface area contributed by atoms with E-state index in [2.05, 4.69) is 31.1 Å². The van der Waals surface area contributed by atoms with Crippen molar-refractivity contribution in [2.24, 2.45) is 0 Å². The van der Waals surface area contributed by atoms with Crippen LogP contribution in [0.2, 0.25) is 0 Å². The van der Waals surface area contributed by atoms with Crippen LogP contribution in [0.4, 0.5) is 11.5 Å². The zero-order valence-electron chi connectivity index (χ0n) is 13.9. The number of aromatic nitrogens is 1. The van der Waals surface area contributed by atoms with Crippen LogP contribution in [0, 0.1) is 6.92 Å². The summed E-state index contributed by atoms with van der Waals surface area (Å²) >= 11 is 3.48. The molecule has 1 aromatic heterocycles. The van der Waals surface area contributed by atoms with Gasteiger partial charge in [0.2, 0.25) is 0 Å². The molecule has 0 radical (unpaired) electrons. The summed E-state index contributed by atoms with van der Waals surface area (Å²) < 4.78 is 0.880. The van der Waals surface area contributed by atoms with E-state index in [1.807, 2.05) is 37.3 Å². The molecular weight excluding hydrogens is 366 g/mol. The second-order valence-corrected chi connectivity index (χ2v) is 7.10. The van der Waals surface area contributed by atoms with E-state index in [1.165, 1.54) is 25.7 Å². The lowest BCUT2D eigenvalue weighted by atomic mass is 10.2. The third kappa shape index (κ3) is 4.15. The lowest BCUT2D eigenvalue weighted by molar-refractivity contribution is 0.102. The number of carbonyl (C=O) groups excluding carboxylic acids is 1. The van der Waals surface area contributed by atoms with E-state index in [4.69, 9.17) is 0 Å². The van der Waals surface area contributed by atoms with E-state index in [0.29, 0.717) is 5.56 Å². The molecule has 1 aromatic carbocycles. The predicted octanol–water partition coefficient (Wildman–Crippen LogP) is 4.79. The molecule has 0 atom stereocenters. The molecule has 0 aliphatic carbocycles. The number of amides is 1. The Morgan fingerprint density at radius 1 is 1.12 bits per heavy atom. The molecule has 0 unspecified atom stereocenters. The van der Waals surface area contributed by atoms with Crippen LogP contribution in [0.25, 0.3) is 0 Å². The van der Waals surface area contributed by atoms with E-state index in [1.54, 1.807) is 6.20 Å². The second kappa shape index (κ2) is 7.79. The van der Waals surface area contributed by atoms with Crippen molar-refractivity contribution in [1.82, 2.24) is 4.98 Å². The van der Waals surface area contributed by atoms with Gasteiger partial charge in [-0.2, -0.15) is 0 Å². The molecule has 1 amide bonds. The van der Waals surface area contributed by atoms with Crippen LogP contribution in [0.1, 0.15) is 41.6 Å². The molecule has 126 valence electrons. The fourth-order valence-corrected chi connectivity index (χ4v) is 3.52. The molecule has 3 rings (SSSR count). The molecule has 1 N–H and O–H groups in total. The second-order valence-electron chi connectivity index (χ2n) is 6.24. The minimum atomic E-state index is -0.144.